The highest BCUT2D eigenvalue weighted by atomic mass is 35.5. The summed E-state index contributed by atoms with van der Waals surface area (Å²) >= 11 is 6.09. The van der Waals surface area contributed by atoms with Crippen LogP contribution in [0.1, 0.15) is 11.1 Å². The molecule has 10 heteroatoms. The summed E-state index contributed by atoms with van der Waals surface area (Å²) in [6.07, 6.45) is 0. The number of hydrogen-bond acceptors (Lipinski definition) is 6. The van der Waals surface area contributed by atoms with Gasteiger partial charge in [0.05, 0.1) is 34.4 Å². The number of halogens is 1. The first kappa shape index (κ1) is 20.4. The molecule has 0 saturated carbocycles. The lowest BCUT2D eigenvalue weighted by Gasteiger charge is -2.30. The Morgan fingerprint density at radius 2 is 1.86 bits per heavy atom. The van der Waals surface area contributed by atoms with Gasteiger partial charge in [-0.2, -0.15) is 0 Å². The third-order valence-electron chi connectivity index (χ3n) is 4.66. The molecule has 1 heterocycles. The summed E-state index contributed by atoms with van der Waals surface area (Å²) < 4.78 is 34.1. The lowest BCUT2D eigenvalue weighted by Crippen LogP contribution is -2.36. The number of nitro groups is 1. The van der Waals surface area contributed by atoms with E-state index in [1.165, 1.54) is 12.1 Å². The van der Waals surface area contributed by atoms with Crippen LogP contribution in [0.25, 0.3) is 0 Å². The molecule has 1 aliphatic rings. The fraction of sp³-hybridized carbons (Fsp3) is 0.333. The van der Waals surface area contributed by atoms with Gasteiger partial charge in [0.15, 0.2) is 0 Å². The Morgan fingerprint density at radius 3 is 2.50 bits per heavy atom. The van der Waals surface area contributed by atoms with Crippen LogP contribution in [-0.2, 0) is 14.8 Å². The summed E-state index contributed by atoms with van der Waals surface area (Å²) in [7, 11) is -4.07. The van der Waals surface area contributed by atoms with Crippen LogP contribution in [0.3, 0.4) is 0 Å². The molecule has 0 atom stereocenters. The Bertz CT molecular complexity index is 1020. The second-order valence-electron chi connectivity index (χ2n) is 6.51. The number of morpholine rings is 1. The highest BCUT2D eigenvalue weighted by molar-refractivity contribution is 7.92. The molecule has 0 amide bonds. The number of rotatable bonds is 5. The number of benzene rings is 2. The Hall–Kier alpha value is -2.36. The second kappa shape index (κ2) is 7.94. The van der Waals surface area contributed by atoms with Crippen molar-refractivity contribution in [3.63, 3.8) is 0 Å². The summed E-state index contributed by atoms with van der Waals surface area (Å²) in [5, 5.41) is 11.5. The molecule has 1 aliphatic heterocycles. The third-order valence-corrected chi connectivity index (χ3v) is 6.39. The predicted molar refractivity (Wildman–Crippen MR) is 108 cm³/mol. The molecule has 0 spiro atoms. The van der Waals surface area contributed by atoms with Crippen molar-refractivity contribution in [3.05, 3.63) is 56.6 Å². The van der Waals surface area contributed by atoms with Crippen molar-refractivity contribution in [2.24, 2.45) is 0 Å². The van der Waals surface area contributed by atoms with Crippen molar-refractivity contribution >= 4 is 38.7 Å². The predicted octanol–water partition coefficient (Wildman–Crippen LogP) is 3.50. The number of hydrogen-bond donors (Lipinski definition) is 1. The first-order chi connectivity index (χ1) is 13.2. The van der Waals surface area contributed by atoms with Crippen LogP contribution in [0.4, 0.5) is 17.1 Å². The molecule has 8 nitrogen and oxygen atoms in total. The maximum absolute atomic E-state index is 13.1. The van der Waals surface area contributed by atoms with E-state index in [9.17, 15) is 18.5 Å². The van der Waals surface area contributed by atoms with E-state index < -0.39 is 14.9 Å². The zero-order valence-electron chi connectivity index (χ0n) is 15.4. The quantitative estimate of drug-likeness (QED) is 0.581. The molecule has 1 fully saturated rings. The van der Waals surface area contributed by atoms with Crippen LogP contribution in [0.5, 0.6) is 0 Å². The number of nitro benzene ring substituents is 1. The first-order valence-electron chi connectivity index (χ1n) is 8.60. The minimum atomic E-state index is -4.07. The van der Waals surface area contributed by atoms with Gasteiger partial charge in [0.2, 0.25) is 0 Å². The minimum Gasteiger partial charge on any atom is -0.378 e. The smallest absolute Gasteiger partial charge is 0.271 e. The maximum atomic E-state index is 13.1. The van der Waals surface area contributed by atoms with E-state index in [2.05, 4.69) is 4.72 Å². The van der Waals surface area contributed by atoms with E-state index in [0.29, 0.717) is 53.8 Å². The molecule has 0 aliphatic carbocycles. The standard InChI is InChI=1S/C18H20ClN3O5S/c1-12-9-15(22(23)24)11-18(13(12)2)28(25,26)20-16-10-14(19)3-4-17(16)21-5-7-27-8-6-21/h3-4,9-11,20H,5-8H2,1-2H3. The number of sulfonamides is 1. The van der Waals surface area contributed by atoms with E-state index in [0.717, 1.165) is 6.07 Å². The van der Waals surface area contributed by atoms with E-state index in [4.69, 9.17) is 16.3 Å². The molecule has 1 saturated heterocycles. The largest absolute Gasteiger partial charge is 0.378 e. The molecular weight excluding hydrogens is 406 g/mol. The van der Waals surface area contributed by atoms with Crippen molar-refractivity contribution in [3.8, 4) is 0 Å². The van der Waals surface area contributed by atoms with Crippen LogP contribution >= 0.6 is 11.6 Å². The van der Waals surface area contributed by atoms with Crippen LogP contribution in [0, 0.1) is 24.0 Å². The fourth-order valence-electron chi connectivity index (χ4n) is 3.06. The molecule has 2 aromatic rings. The van der Waals surface area contributed by atoms with Crippen molar-refractivity contribution in [2.75, 3.05) is 35.9 Å². The van der Waals surface area contributed by atoms with Crippen LogP contribution in [0.2, 0.25) is 5.02 Å². The van der Waals surface area contributed by atoms with Gasteiger partial charge in [-0.25, -0.2) is 8.42 Å². The van der Waals surface area contributed by atoms with Crippen molar-refractivity contribution in [2.45, 2.75) is 18.7 Å². The van der Waals surface area contributed by atoms with Crippen LogP contribution in [-0.4, -0.2) is 39.6 Å². The van der Waals surface area contributed by atoms with Gasteiger partial charge in [-0.05, 0) is 43.2 Å². The average Bonchev–Trinajstić information content (AvgIpc) is 2.64. The average molecular weight is 426 g/mol. The summed E-state index contributed by atoms with van der Waals surface area (Å²) in [6, 6.07) is 7.39. The van der Waals surface area contributed by atoms with Gasteiger partial charge in [0.1, 0.15) is 0 Å². The Kier molecular flexibility index (Phi) is 5.78. The summed E-state index contributed by atoms with van der Waals surface area (Å²) in [4.78, 5) is 12.4. The number of non-ortho nitro benzene ring substituents is 1. The monoisotopic (exact) mass is 425 g/mol. The summed E-state index contributed by atoms with van der Waals surface area (Å²) in [5.74, 6) is 0. The fourth-order valence-corrected chi connectivity index (χ4v) is 4.64. The van der Waals surface area contributed by atoms with Crippen molar-refractivity contribution < 1.29 is 18.1 Å². The number of nitrogens with one attached hydrogen (secondary N) is 1. The lowest BCUT2D eigenvalue weighted by atomic mass is 10.1. The van der Waals surface area contributed by atoms with Gasteiger partial charge in [-0.15, -0.1) is 0 Å². The number of anilines is 2. The van der Waals surface area contributed by atoms with Gasteiger partial charge in [-0.1, -0.05) is 11.6 Å². The Morgan fingerprint density at radius 1 is 1.18 bits per heavy atom. The van der Waals surface area contributed by atoms with Crippen molar-refractivity contribution in [1.82, 2.24) is 0 Å². The van der Waals surface area contributed by atoms with E-state index in [1.807, 2.05) is 4.90 Å². The number of nitrogens with zero attached hydrogens (tertiary/aromatic N) is 2. The highest BCUT2D eigenvalue weighted by Crippen LogP contribution is 2.33. The molecule has 0 radical (unpaired) electrons. The topological polar surface area (TPSA) is 102 Å². The maximum Gasteiger partial charge on any atom is 0.271 e. The summed E-state index contributed by atoms with van der Waals surface area (Å²) in [5.41, 5.74) is 1.69. The van der Waals surface area contributed by atoms with E-state index in [1.54, 1.807) is 26.0 Å². The van der Waals surface area contributed by atoms with E-state index in [-0.39, 0.29) is 10.6 Å². The van der Waals surface area contributed by atoms with E-state index >= 15 is 0 Å². The zero-order valence-corrected chi connectivity index (χ0v) is 17.0. The van der Waals surface area contributed by atoms with Gasteiger partial charge < -0.3 is 9.64 Å². The van der Waals surface area contributed by atoms with Crippen LogP contribution < -0.4 is 9.62 Å². The molecular formula is C18H20ClN3O5S. The Labute approximate surface area is 168 Å². The normalized spacial score (nSPS) is 14.8. The molecule has 28 heavy (non-hydrogen) atoms. The van der Waals surface area contributed by atoms with Gasteiger partial charge >= 0.3 is 0 Å². The van der Waals surface area contributed by atoms with Crippen molar-refractivity contribution in [1.29, 1.82) is 0 Å². The Balaban J connectivity index is 2.04. The lowest BCUT2D eigenvalue weighted by molar-refractivity contribution is -0.385. The SMILES string of the molecule is Cc1cc([N+](=O)[O-])cc(S(=O)(=O)Nc2cc(Cl)ccc2N2CCOCC2)c1C. The van der Waals surface area contributed by atoms with Gasteiger partial charge in [0.25, 0.3) is 15.7 Å². The number of aryl methyl sites for hydroxylation is 1. The van der Waals surface area contributed by atoms with Crippen LogP contribution in [0.15, 0.2) is 35.2 Å². The highest BCUT2D eigenvalue weighted by Gasteiger charge is 2.25. The molecule has 0 unspecified atom stereocenters. The third kappa shape index (κ3) is 4.21. The number of ether oxygens (including phenoxy) is 1. The summed E-state index contributed by atoms with van der Waals surface area (Å²) in [6.45, 7) is 5.57. The molecule has 0 aromatic heterocycles. The molecule has 0 bridgehead atoms. The second-order valence-corrected chi connectivity index (χ2v) is 8.60. The molecule has 3 rings (SSSR count). The van der Waals surface area contributed by atoms with Gasteiger partial charge in [-0.3, -0.25) is 14.8 Å². The van der Waals surface area contributed by atoms with Gasteiger partial charge in [0, 0.05) is 30.2 Å². The first-order valence-corrected chi connectivity index (χ1v) is 10.5. The zero-order chi connectivity index (χ0) is 20.5. The molecule has 1 N–H and O–H groups in total. The molecule has 150 valence electrons. The minimum absolute atomic E-state index is 0.132. The molecule has 2 aromatic carbocycles.